The first kappa shape index (κ1) is 17.7. The van der Waals surface area contributed by atoms with Gasteiger partial charge in [0.05, 0.1) is 0 Å². The fourth-order valence-corrected chi connectivity index (χ4v) is 2.39. The number of piperidine rings is 1. The van der Waals surface area contributed by atoms with Gasteiger partial charge in [-0.2, -0.15) is 0 Å². The van der Waals surface area contributed by atoms with Crippen LogP contribution in [0.2, 0.25) is 0 Å². The maximum atomic E-state index is 13.4. The fraction of sp³-hybridized carbons (Fsp3) is 0.500. The second-order valence-corrected chi connectivity index (χ2v) is 4.84. The summed E-state index contributed by atoms with van der Waals surface area (Å²) >= 11 is 0. The molecule has 1 aliphatic rings. The molecule has 118 valence electrons. The third-order valence-electron chi connectivity index (χ3n) is 3.46. The monoisotopic (exact) mass is 320 g/mol. The summed E-state index contributed by atoms with van der Waals surface area (Å²) in [5, 5.41) is 0. The molecular formula is C14H19ClF2N2O2. The van der Waals surface area contributed by atoms with Gasteiger partial charge >= 0.3 is 0 Å². The van der Waals surface area contributed by atoms with Crippen molar-refractivity contribution in [3.05, 3.63) is 29.8 Å². The highest BCUT2D eigenvalue weighted by Gasteiger charge is 2.25. The largest absolute Gasteiger partial charge is 0.481 e. The van der Waals surface area contributed by atoms with E-state index in [9.17, 15) is 13.6 Å². The molecular weight excluding hydrogens is 302 g/mol. The second-order valence-electron chi connectivity index (χ2n) is 4.84. The smallest absolute Gasteiger partial charge is 0.260 e. The molecule has 21 heavy (non-hydrogen) atoms. The van der Waals surface area contributed by atoms with Gasteiger partial charge < -0.3 is 15.4 Å². The molecule has 1 aliphatic heterocycles. The summed E-state index contributed by atoms with van der Waals surface area (Å²) in [4.78, 5) is 13.8. The molecule has 1 unspecified atom stereocenters. The van der Waals surface area contributed by atoms with Crippen molar-refractivity contribution in [2.75, 3.05) is 19.7 Å². The van der Waals surface area contributed by atoms with Crippen molar-refractivity contribution >= 4 is 18.3 Å². The van der Waals surface area contributed by atoms with Gasteiger partial charge in [0.2, 0.25) is 0 Å². The lowest BCUT2D eigenvalue weighted by Gasteiger charge is -2.34. The molecule has 0 spiro atoms. The minimum atomic E-state index is -0.813. The predicted octanol–water partition coefficient (Wildman–Crippen LogP) is 2.11. The summed E-state index contributed by atoms with van der Waals surface area (Å²) in [6.45, 7) is 0.797. The number of nitrogens with zero attached hydrogens (tertiary/aromatic N) is 1. The first-order valence-electron chi connectivity index (χ1n) is 6.69. The Labute approximate surface area is 128 Å². The maximum Gasteiger partial charge on any atom is 0.260 e. The topological polar surface area (TPSA) is 55.6 Å². The number of hydrogen-bond acceptors (Lipinski definition) is 3. The molecule has 0 bridgehead atoms. The Hall–Kier alpha value is -1.40. The van der Waals surface area contributed by atoms with E-state index in [1.165, 1.54) is 6.07 Å². The fourth-order valence-electron chi connectivity index (χ4n) is 2.39. The molecule has 1 amide bonds. The van der Waals surface area contributed by atoms with Gasteiger partial charge in [-0.05, 0) is 31.4 Å². The van der Waals surface area contributed by atoms with Gasteiger partial charge in [-0.3, -0.25) is 4.79 Å². The van der Waals surface area contributed by atoms with Crippen LogP contribution < -0.4 is 10.5 Å². The van der Waals surface area contributed by atoms with E-state index in [0.29, 0.717) is 13.1 Å². The van der Waals surface area contributed by atoms with Crippen LogP contribution in [0, 0.1) is 11.6 Å². The summed E-state index contributed by atoms with van der Waals surface area (Å²) in [7, 11) is 0. The SMILES string of the molecule is Cl.NCC1CCCCN1C(=O)COc1ccc(F)cc1F. The van der Waals surface area contributed by atoms with Gasteiger partial charge in [0.25, 0.3) is 5.91 Å². The number of amides is 1. The van der Waals surface area contributed by atoms with Crippen molar-refractivity contribution in [1.82, 2.24) is 4.90 Å². The zero-order valence-corrected chi connectivity index (χ0v) is 12.4. The number of benzene rings is 1. The van der Waals surface area contributed by atoms with Crippen molar-refractivity contribution in [3.63, 3.8) is 0 Å². The summed E-state index contributed by atoms with van der Waals surface area (Å²) in [5.74, 6) is -1.84. The van der Waals surface area contributed by atoms with Crippen LogP contribution in [0.25, 0.3) is 0 Å². The quantitative estimate of drug-likeness (QED) is 0.924. The molecule has 0 aromatic heterocycles. The normalized spacial score (nSPS) is 18.0. The molecule has 1 aromatic rings. The van der Waals surface area contributed by atoms with Crippen LogP contribution in [-0.4, -0.2) is 36.5 Å². The first-order chi connectivity index (χ1) is 9.61. The molecule has 4 nitrogen and oxygen atoms in total. The highest BCUT2D eigenvalue weighted by molar-refractivity contribution is 5.85. The van der Waals surface area contributed by atoms with Gasteiger partial charge in [-0.1, -0.05) is 0 Å². The van der Waals surface area contributed by atoms with E-state index in [2.05, 4.69) is 0 Å². The average Bonchev–Trinajstić information content (AvgIpc) is 2.46. The zero-order chi connectivity index (χ0) is 14.5. The molecule has 0 aliphatic carbocycles. The van der Waals surface area contributed by atoms with Crippen LogP contribution >= 0.6 is 12.4 Å². The van der Waals surface area contributed by atoms with Gasteiger partial charge in [-0.25, -0.2) is 8.78 Å². The molecule has 1 saturated heterocycles. The van der Waals surface area contributed by atoms with Crippen LogP contribution in [-0.2, 0) is 4.79 Å². The van der Waals surface area contributed by atoms with Gasteiger partial charge in [-0.15, -0.1) is 12.4 Å². The van der Waals surface area contributed by atoms with Crippen LogP contribution in [0.3, 0.4) is 0 Å². The summed E-state index contributed by atoms with van der Waals surface area (Å²) < 4.78 is 31.3. The Balaban J connectivity index is 0.00000220. The van der Waals surface area contributed by atoms with Crippen LogP contribution in [0.1, 0.15) is 19.3 Å². The second kappa shape index (κ2) is 8.14. The molecule has 7 heteroatoms. The molecule has 1 fully saturated rings. The third-order valence-corrected chi connectivity index (χ3v) is 3.46. The first-order valence-corrected chi connectivity index (χ1v) is 6.69. The molecule has 1 atom stereocenters. The van der Waals surface area contributed by atoms with E-state index >= 15 is 0 Å². The van der Waals surface area contributed by atoms with Crippen molar-refractivity contribution < 1.29 is 18.3 Å². The van der Waals surface area contributed by atoms with E-state index < -0.39 is 11.6 Å². The summed E-state index contributed by atoms with van der Waals surface area (Å²) in [5.41, 5.74) is 5.64. The van der Waals surface area contributed by atoms with Crippen LogP contribution in [0.5, 0.6) is 5.75 Å². The Morgan fingerprint density at radius 3 is 2.81 bits per heavy atom. The summed E-state index contributed by atoms with van der Waals surface area (Å²) in [6, 6.07) is 3.02. The molecule has 2 N–H and O–H groups in total. The minimum Gasteiger partial charge on any atom is -0.481 e. The Morgan fingerprint density at radius 1 is 1.38 bits per heavy atom. The highest BCUT2D eigenvalue weighted by atomic mass is 35.5. The maximum absolute atomic E-state index is 13.4. The van der Waals surface area contributed by atoms with Crippen molar-refractivity contribution in [1.29, 1.82) is 0 Å². The third kappa shape index (κ3) is 4.54. The lowest BCUT2D eigenvalue weighted by atomic mass is 10.0. The predicted molar refractivity (Wildman–Crippen MR) is 77.5 cm³/mol. The standard InChI is InChI=1S/C14H18F2N2O2.ClH/c15-10-4-5-13(12(16)7-10)20-9-14(19)18-6-2-1-3-11(18)8-17;/h4-5,7,11H,1-3,6,8-9,17H2;1H. The Kier molecular flexibility index (Phi) is 6.84. The molecule has 1 heterocycles. The summed E-state index contributed by atoms with van der Waals surface area (Å²) in [6.07, 6.45) is 2.87. The molecule has 0 radical (unpaired) electrons. The molecule has 1 aromatic carbocycles. The Morgan fingerprint density at radius 2 is 2.14 bits per heavy atom. The molecule has 0 saturated carbocycles. The number of rotatable bonds is 4. The van der Waals surface area contributed by atoms with E-state index in [-0.39, 0.29) is 36.7 Å². The Bertz CT molecular complexity index is 488. The number of hydrogen-bond donors (Lipinski definition) is 1. The van der Waals surface area contributed by atoms with Gasteiger partial charge in [0, 0.05) is 25.2 Å². The number of likely N-dealkylation sites (tertiary alicyclic amines) is 1. The minimum absolute atomic E-state index is 0. The number of halogens is 3. The van der Waals surface area contributed by atoms with Crippen LogP contribution in [0.15, 0.2) is 18.2 Å². The number of ether oxygens (including phenoxy) is 1. The van der Waals surface area contributed by atoms with Crippen molar-refractivity contribution in [2.45, 2.75) is 25.3 Å². The van der Waals surface area contributed by atoms with Crippen molar-refractivity contribution in [3.8, 4) is 5.75 Å². The number of carbonyl (C=O) groups excluding carboxylic acids is 1. The van der Waals surface area contributed by atoms with Crippen LogP contribution in [0.4, 0.5) is 8.78 Å². The lowest BCUT2D eigenvalue weighted by molar-refractivity contribution is -0.136. The number of carbonyl (C=O) groups is 1. The van der Waals surface area contributed by atoms with Crippen molar-refractivity contribution in [2.24, 2.45) is 5.73 Å². The van der Waals surface area contributed by atoms with E-state index in [1.54, 1.807) is 4.90 Å². The van der Waals surface area contributed by atoms with E-state index in [4.69, 9.17) is 10.5 Å². The lowest BCUT2D eigenvalue weighted by Crippen LogP contribution is -2.49. The van der Waals surface area contributed by atoms with E-state index in [0.717, 1.165) is 31.4 Å². The number of nitrogens with two attached hydrogens (primary N) is 1. The highest BCUT2D eigenvalue weighted by Crippen LogP contribution is 2.19. The molecule has 2 rings (SSSR count). The average molecular weight is 321 g/mol. The zero-order valence-electron chi connectivity index (χ0n) is 11.6. The van der Waals surface area contributed by atoms with Gasteiger partial charge in [0.1, 0.15) is 5.82 Å². The van der Waals surface area contributed by atoms with Gasteiger partial charge in [0.15, 0.2) is 18.2 Å². The van der Waals surface area contributed by atoms with E-state index in [1.807, 2.05) is 0 Å².